The Hall–Kier alpha value is -2.83. The molecule has 0 aliphatic rings. The van der Waals surface area contributed by atoms with E-state index < -0.39 is 17.7 Å². The number of carbonyl (C=O) groups is 1. The van der Waals surface area contributed by atoms with E-state index in [4.69, 9.17) is 9.52 Å². The molecule has 4 nitrogen and oxygen atoms in total. The molecule has 0 amide bonds. The lowest BCUT2D eigenvalue weighted by molar-refractivity contribution is -0.136. The van der Waals surface area contributed by atoms with Crippen LogP contribution < -0.4 is 0 Å². The van der Waals surface area contributed by atoms with Crippen molar-refractivity contribution < 1.29 is 27.5 Å². The van der Waals surface area contributed by atoms with Crippen molar-refractivity contribution in [2.24, 2.45) is 0 Å². The average molecular weight is 307 g/mol. The number of carboxylic acids is 1. The summed E-state index contributed by atoms with van der Waals surface area (Å²) in [6.07, 6.45) is -3.28. The van der Waals surface area contributed by atoms with Crippen molar-refractivity contribution in [3.05, 3.63) is 53.7 Å². The number of hydrogen-bond donors (Lipinski definition) is 1. The normalized spacial score (nSPS) is 11.8. The second-order valence-corrected chi connectivity index (χ2v) is 4.57. The van der Waals surface area contributed by atoms with Crippen LogP contribution in [0.2, 0.25) is 0 Å². The maximum absolute atomic E-state index is 12.9. The van der Waals surface area contributed by atoms with E-state index in [0.717, 1.165) is 6.07 Å². The van der Waals surface area contributed by atoms with E-state index >= 15 is 0 Å². The quantitative estimate of drug-likeness (QED) is 0.770. The second-order valence-electron chi connectivity index (χ2n) is 4.57. The highest BCUT2D eigenvalue weighted by Gasteiger charge is 2.34. The third kappa shape index (κ3) is 2.41. The van der Waals surface area contributed by atoms with Crippen LogP contribution in [0, 0.1) is 0 Å². The van der Waals surface area contributed by atoms with Crippen LogP contribution in [-0.4, -0.2) is 16.1 Å². The van der Waals surface area contributed by atoms with Crippen molar-refractivity contribution in [2.75, 3.05) is 0 Å². The van der Waals surface area contributed by atoms with Gasteiger partial charge in [-0.1, -0.05) is 12.1 Å². The Bertz CT molecular complexity index is 868. The summed E-state index contributed by atoms with van der Waals surface area (Å²) in [5, 5.41) is 9.21. The molecule has 0 spiro atoms. The molecule has 2 aromatic heterocycles. The first-order chi connectivity index (χ1) is 10.4. The molecule has 0 bridgehead atoms. The fourth-order valence-electron chi connectivity index (χ4n) is 2.11. The Morgan fingerprint density at radius 2 is 1.95 bits per heavy atom. The van der Waals surface area contributed by atoms with Gasteiger partial charge in [0, 0.05) is 11.6 Å². The summed E-state index contributed by atoms with van der Waals surface area (Å²) in [5.74, 6) is -1.08. The third-order valence-electron chi connectivity index (χ3n) is 3.11. The first-order valence-corrected chi connectivity index (χ1v) is 6.16. The van der Waals surface area contributed by atoms with Crippen molar-refractivity contribution in [1.82, 2.24) is 4.98 Å². The molecule has 0 saturated carbocycles. The zero-order valence-electron chi connectivity index (χ0n) is 10.9. The number of hydrogen-bond acceptors (Lipinski definition) is 3. The number of halogens is 3. The predicted molar refractivity (Wildman–Crippen MR) is 71.4 cm³/mol. The number of benzene rings is 1. The molecule has 1 N–H and O–H groups in total. The van der Waals surface area contributed by atoms with Crippen LogP contribution in [-0.2, 0) is 6.18 Å². The Labute approximate surface area is 121 Å². The van der Waals surface area contributed by atoms with E-state index in [1.807, 2.05) is 0 Å². The molecule has 0 saturated heterocycles. The summed E-state index contributed by atoms with van der Waals surface area (Å²) in [4.78, 5) is 14.9. The van der Waals surface area contributed by atoms with Gasteiger partial charge in [0.15, 0.2) is 5.76 Å². The van der Waals surface area contributed by atoms with Gasteiger partial charge in [0.2, 0.25) is 0 Å². The predicted octanol–water partition coefficient (Wildman–Crippen LogP) is 4.21. The molecule has 0 atom stereocenters. The number of aromatic carboxylic acids is 1. The minimum Gasteiger partial charge on any atom is -0.478 e. The van der Waals surface area contributed by atoms with Crippen molar-refractivity contribution in [1.29, 1.82) is 0 Å². The van der Waals surface area contributed by atoms with Crippen LogP contribution >= 0.6 is 0 Å². The van der Waals surface area contributed by atoms with E-state index in [0.29, 0.717) is 0 Å². The van der Waals surface area contributed by atoms with Gasteiger partial charge in [-0.15, -0.1) is 0 Å². The molecule has 0 fully saturated rings. The van der Waals surface area contributed by atoms with Crippen LogP contribution in [0.1, 0.15) is 15.9 Å². The fourth-order valence-corrected chi connectivity index (χ4v) is 2.11. The number of aromatic nitrogens is 1. The highest BCUT2D eigenvalue weighted by atomic mass is 19.4. The van der Waals surface area contributed by atoms with E-state index in [-0.39, 0.29) is 28.0 Å². The average Bonchev–Trinajstić information content (AvgIpc) is 2.90. The van der Waals surface area contributed by atoms with E-state index in [9.17, 15) is 18.0 Å². The molecule has 112 valence electrons. The molecule has 1 aromatic carbocycles. The van der Waals surface area contributed by atoms with Gasteiger partial charge in [-0.3, -0.25) is 4.98 Å². The van der Waals surface area contributed by atoms with Gasteiger partial charge in [-0.2, -0.15) is 13.2 Å². The number of fused-ring (bicyclic) bond motifs is 1. The zero-order valence-corrected chi connectivity index (χ0v) is 10.9. The van der Waals surface area contributed by atoms with Gasteiger partial charge < -0.3 is 9.52 Å². The van der Waals surface area contributed by atoms with Gasteiger partial charge in [0.05, 0.1) is 11.1 Å². The summed E-state index contributed by atoms with van der Waals surface area (Å²) in [6.45, 7) is 0. The lowest BCUT2D eigenvalue weighted by atomic mass is 10.1. The Balaban J connectivity index is 2.17. The summed E-state index contributed by atoms with van der Waals surface area (Å²) < 4.78 is 44.1. The van der Waals surface area contributed by atoms with Gasteiger partial charge in [-0.05, 0) is 24.3 Å². The number of alkyl halides is 3. The lowest BCUT2D eigenvalue weighted by Crippen LogP contribution is -2.04. The third-order valence-corrected chi connectivity index (χ3v) is 3.11. The minimum absolute atomic E-state index is 0.0264. The number of para-hydroxylation sites is 1. The fraction of sp³-hybridized carbons (Fsp3) is 0.0667. The van der Waals surface area contributed by atoms with Crippen molar-refractivity contribution in [3.63, 3.8) is 0 Å². The van der Waals surface area contributed by atoms with E-state index in [2.05, 4.69) is 4.98 Å². The standard InChI is InChI=1S/C15H8F3NO3/c16-15(17,18)10-3-1-2-8-7-12(22-13(8)10)11-6-9(14(20)21)4-5-19-11/h1-7H,(H,20,21). The summed E-state index contributed by atoms with van der Waals surface area (Å²) in [5.41, 5.74) is -1.05. The molecule has 7 heteroatoms. The van der Waals surface area contributed by atoms with Crippen LogP contribution in [0.3, 0.4) is 0 Å². The number of furan rings is 1. The number of rotatable bonds is 2. The highest BCUT2D eigenvalue weighted by molar-refractivity contribution is 5.90. The molecule has 3 aromatic rings. The smallest absolute Gasteiger partial charge is 0.420 e. The Morgan fingerprint density at radius 3 is 2.64 bits per heavy atom. The molecule has 3 rings (SSSR count). The monoisotopic (exact) mass is 307 g/mol. The van der Waals surface area contributed by atoms with Crippen molar-refractivity contribution in [2.45, 2.75) is 6.18 Å². The van der Waals surface area contributed by atoms with Gasteiger partial charge in [-0.25, -0.2) is 4.79 Å². The highest BCUT2D eigenvalue weighted by Crippen LogP contribution is 2.37. The number of nitrogens with zero attached hydrogens (tertiary/aromatic N) is 1. The Morgan fingerprint density at radius 1 is 1.18 bits per heavy atom. The summed E-state index contributed by atoms with van der Waals surface area (Å²) in [6, 6.07) is 7.63. The number of pyridine rings is 1. The Kier molecular flexibility index (Phi) is 3.13. The number of carboxylic acid groups (broad SMARTS) is 1. The molecule has 0 aliphatic heterocycles. The summed E-state index contributed by atoms with van der Waals surface area (Å²) >= 11 is 0. The van der Waals surface area contributed by atoms with Crippen LogP contribution in [0.15, 0.2) is 47.0 Å². The van der Waals surface area contributed by atoms with Crippen LogP contribution in [0.25, 0.3) is 22.4 Å². The molecule has 0 unspecified atom stereocenters. The van der Waals surface area contributed by atoms with Crippen LogP contribution in [0.4, 0.5) is 13.2 Å². The second kappa shape index (κ2) is 4.87. The maximum Gasteiger partial charge on any atom is 0.420 e. The molecule has 2 heterocycles. The molecule has 0 aliphatic carbocycles. The molecular formula is C15H8F3NO3. The van der Waals surface area contributed by atoms with Crippen LogP contribution in [0.5, 0.6) is 0 Å². The van der Waals surface area contributed by atoms with Crippen molar-refractivity contribution >= 4 is 16.9 Å². The van der Waals surface area contributed by atoms with Gasteiger partial charge >= 0.3 is 12.1 Å². The first-order valence-electron chi connectivity index (χ1n) is 6.16. The topological polar surface area (TPSA) is 63.3 Å². The summed E-state index contributed by atoms with van der Waals surface area (Å²) in [7, 11) is 0. The molecular weight excluding hydrogens is 299 g/mol. The largest absolute Gasteiger partial charge is 0.478 e. The van der Waals surface area contributed by atoms with Gasteiger partial charge in [0.25, 0.3) is 0 Å². The lowest BCUT2D eigenvalue weighted by Gasteiger charge is -2.06. The molecule has 0 radical (unpaired) electrons. The minimum atomic E-state index is -4.54. The van der Waals surface area contributed by atoms with Crippen molar-refractivity contribution in [3.8, 4) is 11.5 Å². The molecule has 22 heavy (non-hydrogen) atoms. The SMILES string of the molecule is O=C(O)c1ccnc(-c2cc3cccc(C(F)(F)F)c3o2)c1. The van der Waals surface area contributed by atoms with E-state index in [1.54, 1.807) is 0 Å². The first kappa shape index (κ1) is 14.1. The maximum atomic E-state index is 12.9. The van der Waals surface area contributed by atoms with Gasteiger partial charge in [0.1, 0.15) is 11.3 Å². The zero-order chi connectivity index (χ0) is 15.9. The van der Waals surface area contributed by atoms with E-state index in [1.165, 1.54) is 36.5 Å².